The Kier molecular flexibility index (Phi) is 3.56. The van der Waals surface area contributed by atoms with Crippen LogP contribution >= 0.6 is 0 Å². The molecule has 4 heteroatoms. The molecule has 0 aliphatic carbocycles. The molecule has 72 valence electrons. The van der Waals surface area contributed by atoms with Gasteiger partial charge in [0.1, 0.15) is 6.61 Å². The van der Waals surface area contributed by atoms with Crippen molar-refractivity contribution in [1.82, 2.24) is 4.90 Å². The average Bonchev–Trinajstić information content (AvgIpc) is 2.17. The van der Waals surface area contributed by atoms with E-state index in [2.05, 4.69) is 13.0 Å². The van der Waals surface area contributed by atoms with Gasteiger partial charge in [-0.1, -0.05) is 13.3 Å². The van der Waals surface area contributed by atoms with E-state index in [1.165, 1.54) is 0 Å². The molecule has 1 heterocycles. The lowest BCUT2D eigenvalue weighted by molar-refractivity contribution is 0.0561. The summed E-state index contributed by atoms with van der Waals surface area (Å²) >= 11 is 0. The molecular weight excluding hydrogens is 168 g/mol. The van der Waals surface area contributed by atoms with Crippen molar-refractivity contribution in [2.45, 2.75) is 19.8 Å². The molecule has 1 saturated heterocycles. The van der Waals surface area contributed by atoms with Gasteiger partial charge in [0.05, 0.1) is 12.0 Å². The van der Waals surface area contributed by atoms with Gasteiger partial charge in [-0.15, -0.1) is 0 Å². The van der Waals surface area contributed by atoms with Crippen LogP contribution in [0.4, 0.5) is 4.79 Å². The van der Waals surface area contributed by atoms with Crippen molar-refractivity contribution in [2.75, 3.05) is 19.7 Å². The molecule has 4 nitrogen and oxygen atoms in total. The lowest BCUT2D eigenvalue weighted by atomic mass is 10.1. The molecule has 1 rings (SSSR count). The van der Waals surface area contributed by atoms with Crippen LogP contribution in [0.15, 0.2) is 0 Å². The molecule has 1 aliphatic heterocycles. The Balaban J connectivity index is 2.41. The van der Waals surface area contributed by atoms with Gasteiger partial charge in [0.2, 0.25) is 0 Å². The Morgan fingerprint density at radius 1 is 1.77 bits per heavy atom. The van der Waals surface area contributed by atoms with Gasteiger partial charge in [-0.05, 0) is 6.42 Å². The van der Waals surface area contributed by atoms with E-state index in [1.807, 2.05) is 0 Å². The molecule has 0 bridgehead atoms. The van der Waals surface area contributed by atoms with E-state index >= 15 is 0 Å². The number of hydrogen-bond donors (Lipinski definition) is 0. The van der Waals surface area contributed by atoms with Crippen LogP contribution in [-0.4, -0.2) is 30.7 Å². The minimum atomic E-state index is -0.278. The Morgan fingerprint density at radius 2 is 2.54 bits per heavy atom. The van der Waals surface area contributed by atoms with Crippen LogP contribution in [0.1, 0.15) is 19.8 Å². The molecular formula is C9H14N2O2. The van der Waals surface area contributed by atoms with Crippen LogP contribution in [0.3, 0.4) is 0 Å². The van der Waals surface area contributed by atoms with Crippen molar-refractivity contribution < 1.29 is 9.53 Å². The van der Waals surface area contributed by atoms with Gasteiger partial charge in [0.25, 0.3) is 0 Å². The van der Waals surface area contributed by atoms with Crippen LogP contribution in [0.5, 0.6) is 0 Å². The first-order chi connectivity index (χ1) is 6.27. The van der Waals surface area contributed by atoms with Gasteiger partial charge >= 0.3 is 6.09 Å². The second-order valence-corrected chi connectivity index (χ2v) is 3.20. The molecule has 0 spiro atoms. The predicted molar refractivity (Wildman–Crippen MR) is 46.9 cm³/mol. The minimum Gasteiger partial charge on any atom is -0.448 e. The quantitative estimate of drug-likeness (QED) is 0.662. The maximum Gasteiger partial charge on any atom is 0.409 e. The van der Waals surface area contributed by atoms with Crippen molar-refractivity contribution in [3.8, 4) is 6.07 Å². The molecule has 1 amide bonds. The van der Waals surface area contributed by atoms with E-state index in [0.717, 1.165) is 12.8 Å². The summed E-state index contributed by atoms with van der Waals surface area (Å²) in [5.41, 5.74) is 0. The average molecular weight is 182 g/mol. The van der Waals surface area contributed by atoms with E-state index in [0.29, 0.717) is 13.1 Å². The van der Waals surface area contributed by atoms with Crippen molar-refractivity contribution in [3.63, 3.8) is 0 Å². The summed E-state index contributed by atoms with van der Waals surface area (Å²) in [6.07, 6.45) is 1.73. The van der Waals surface area contributed by atoms with E-state index in [1.54, 1.807) is 4.90 Å². The highest BCUT2D eigenvalue weighted by Crippen LogP contribution is 2.11. The minimum absolute atomic E-state index is 0.158. The SMILES string of the molecule is CCCCN1CC(C#N)COC1=O. The summed E-state index contributed by atoms with van der Waals surface area (Å²) in [6.45, 7) is 3.54. The number of carbonyl (C=O) groups excluding carboxylic acids is 1. The van der Waals surface area contributed by atoms with Crippen molar-refractivity contribution >= 4 is 6.09 Å². The Morgan fingerprint density at radius 3 is 3.15 bits per heavy atom. The maximum absolute atomic E-state index is 11.2. The maximum atomic E-state index is 11.2. The van der Waals surface area contributed by atoms with Crippen LogP contribution in [0.25, 0.3) is 0 Å². The smallest absolute Gasteiger partial charge is 0.409 e. The molecule has 13 heavy (non-hydrogen) atoms. The fourth-order valence-corrected chi connectivity index (χ4v) is 1.27. The zero-order valence-corrected chi connectivity index (χ0v) is 7.82. The zero-order chi connectivity index (χ0) is 9.68. The highest BCUT2D eigenvalue weighted by atomic mass is 16.6. The summed E-state index contributed by atoms with van der Waals surface area (Å²) in [6, 6.07) is 2.11. The van der Waals surface area contributed by atoms with E-state index in [9.17, 15) is 4.79 Å². The largest absolute Gasteiger partial charge is 0.448 e. The summed E-state index contributed by atoms with van der Waals surface area (Å²) in [4.78, 5) is 12.8. The first-order valence-electron chi connectivity index (χ1n) is 4.59. The van der Waals surface area contributed by atoms with Gasteiger partial charge in [-0.3, -0.25) is 0 Å². The fraction of sp³-hybridized carbons (Fsp3) is 0.778. The lowest BCUT2D eigenvalue weighted by Crippen LogP contribution is -2.42. The first-order valence-corrected chi connectivity index (χ1v) is 4.59. The summed E-state index contributed by atoms with van der Waals surface area (Å²) < 4.78 is 4.86. The number of rotatable bonds is 3. The van der Waals surface area contributed by atoms with Crippen molar-refractivity contribution in [1.29, 1.82) is 5.26 Å². The number of hydrogen-bond acceptors (Lipinski definition) is 3. The zero-order valence-electron chi connectivity index (χ0n) is 7.82. The molecule has 0 aromatic heterocycles. The number of nitrogens with zero attached hydrogens (tertiary/aromatic N) is 2. The normalized spacial score (nSPS) is 22.3. The Hall–Kier alpha value is -1.24. The fourth-order valence-electron chi connectivity index (χ4n) is 1.27. The highest BCUT2D eigenvalue weighted by molar-refractivity contribution is 5.68. The van der Waals surface area contributed by atoms with Crippen LogP contribution < -0.4 is 0 Å². The standard InChI is InChI=1S/C9H14N2O2/c1-2-3-4-11-6-8(5-10)7-13-9(11)12/h8H,2-4,6-7H2,1H3. The van der Waals surface area contributed by atoms with Gasteiger partial charge in [-0.25, -0.2) is 4.79 Å². The molecule has 1 atom stereocenters. The number of ether oxygens (including phenoxy) is 1. The Labute approximate surface area is 78.1 Å². The molecule has 0 N–H and O–H groups in total. The van der Waals surface area contributed by atoms with Crippen LogP contribution in [-0.2, 0) is 4.74 Å². The third-order valence-corrected chi connectivity index (χ3v) is 2.07. The third kappa shape index (κ3) is 2.62. The molecule has 0 radical (unpaired) electrons. The number of cyclic esters (lactones) is 1. The third-order valence-electron chi connectivity index (χ3n) is 2.07. The van der Waals surface area contributed by atoms with E-state index in [-0.39, 0.29) is 18.6 Å². The summed E-state index contributed by atoms with van der Waals surface area (Å²) in [5, 5.41) is 8.65. The molecule has 1 fully saturated rings. The second-order valence-electron chi connectivity index (χ2n) is 3.20. The van der Waals surface area contributed by atoms with Gasteiger partial charge in [-0.2, -0.15) is 5.26 Å². The molecule has 0 saturated carbocycles. The second kappa shape index (κ2) is 4.70. The lowest BCUT2D eigenvalue weighted by Gasteiger charge is -2.28. The van der Waals surface area contributed by atoms with E-state index in [4.69, 9.17) is 10.00 Å². The predicted octanol–water partition coefficient (Wildman–Crippen LogP) is 1.38. The van der Waals surface area contributed by atoms with E-state index < -0.39 is 0 Å². The summed E-state index contributed by atoms with van der Waals surface area (Å²) in [5.74, 6) is -0.158. The number of nitriles is 1. The highest BCUT2D eigenvalue weighted by Gasteiger charge is 2.26. The topological polar surface area (TPSA) is 53.3 Å². The van der Waals surface area contributed by atoms with Gasteiger partial charge in [0.15, 0.2) is 0 Å². The van der Waals surface area contributed by atoms with Crippen molar-refractivity contribution in [2.24, 2.45) is 5.92 Å². The number of carbonyl (C=O) groups is 1. The Bertz CT molecular complexity index is 222. The van der Waals surface area contributed by atoms with Crippen molar-refractivity contribution in [3.05, 3.63) is 0 Å². The molecule has 0 aromatic carbocycles. The summed E-state index contributed by atoms with van der Waals surface area (Å²) in [7, 11) is 0. The van der Waals surface area contributed by atoms with Gasteiger partial charge in [0, 0.05) is 13.1 Å². The van der Waals surface area contributed by atoms with Crippen LogP contribution in [0.2, 0.25) is 0 Å². The molecule has 1 unspecified atom stereocenters. The monoisotopic (exact) mass is 182 g/mol. The number of amides is 1. The van der Waals surface area contributed by atoms with Crippen LogP contribution in [0, 0.1) is 17.2 Å². The molecule has 1 aliphatic rings. The first kappa shape index (κ1) is 9.85. The van der Waals surface area contributed by atoms with Gasteiger partial charge < -0.3 is 9.64 Å². The number of unbranched alkanes of at least 4 members (excludes halogenated alkanes) is 1. The molecule has 0 aromatic rings.